The molecule has 0 bridgehead atoms. The highest BCUT2D eigenvalue weighted by Crippen LogP contribution is 2.23. The largest absolute Gasteiger partial charge is 0.382 e. The predicted octanol–water partition coefficient (Wildman–Crippen LogP) is 1.77. The monoisotopic (exact) mass is 231 g/mol. The van der Waals surface area contributed by atoms with Gasteiger partial charge in [-0.1, -0.05) is 0 Å². The summed E-state index contributed by atoms with van der Waals surface area (Å²) in [6, 6.07) is 1.99. The molecule has 0 aromatic carbocycles. The zero-order valence-electron chi connectivity index (χ0n) is 8.58. The molecular weight excluding hydrogens is 222 g/mol. The van der Waals surface area contributed by atoms with E-state index in [-0.39, 0.29) is 0 Å². The molecule has 0 aliphatic heterocycles. The fourth-order valence-corrected chi connectivity index (χ4v) is 2.27. The number of hydrogen-bond donors (Lipinski definition) is 1. The topological polar surface area (TPSA) is 69.6 Å². The summed E-state index contributed by atoms with van der Waals surface area (Å²) in [5.74, 6) is 1.30. The summed E-state index contributed by atoms with van der Waals surface area (Å²) in [7, 11) is 0. The van der Waals surface area contributed by atoms with E-state index in [4.69, 9.17) is 5.73 Å². The van der Waals surface area contributed by atoms with E-state index in [9.17, 15) is 0 Å². The highest BCUT2D eigenvalue weighted by molar-refractivity contribution is 7.16. The summed E-state index contributed by atoms with van der Waals surface area (Å²) in [5.41, 5.74) is 6.67. The Hall–Kier alpha value is -1.95. The maximum atomic E-state index is 5.72. The van der Waals surface area contributed by atoms with Crippen LogP contribution in [0, 0.1) is 6.92 Å². The van der Waals surface area contributed by atoms with E-state index < -0.39 is 0 Å². The van der Waals surface area contributed by atoms with Gasteiger partial charge in [0.2, 0.25) is 0 Å². The Labute approximate surface area is 95.6 Å². The summed E-state index contributed by atoms with van der Waals surface area (Å²) in [5, 5.41) is 7.20. The van der Waals surface area contributed by atoms with E-state index in [1.165, 1.54) is 0 Å². The van der Waals surface area contributed by atoms with Crippen molar-refractivity contribution < 1.29 is 0 Å². The molecule has 0 saturated heterocycles. The fourth-order valence-electron chi connectivity index (χ4n) is 1.54. The minimum atomic E-state index is 0.530. The van der Waals surface area contributed by atoms with Gasteiger partial charge in [0.25, 0.3) is 0 Å². The molecule has 3 heterocycles. The first-order valence-corrected chi connectivity index (χ1v) is 5.64. The van der Waals surface area contributed by atoms with Gasteiger partial charge in [0.1, 0.15) is 17.0 Å². The first-order valence-electron chi connectivity index (χ1n) is 4.76. The average Bonchev–Trinajstić information content (AvgIpc) is 2.85. The van der Waals surface area contributed by atoms with Gasteiger partial charge < -0.3 is 5.73 Å². The molecule has 0 amide bonds. The number of aryl methyl sites for hydroxylation is 1. The Morgan fingerprint density at radius 2 is 2.25 bits per heavy atom. The molecule has 3 aromatic rings. The van der Waals surface area contributed by atoms with Gasteiger partial charge in [-0.2, -0.15) is 0 Å². The number of fused-ring (bicyclic) bond motifs is 1. The minimum absolute atomic E-state index is 0.530. The SMILES string of the molecule is Cc1cn(-c2ncnc3sccc23)nc1N. The highest BCUT2D eigenvalue weighted by Gasteiger charge is 2.09. The van der Waals surface area contributed by atoms with Crippen LogP contribution in [-0.2, 0) is 0 Å². The van der Waals surface area contributed by atoms with Crippen molar-refractivity contribution in [3.8, 4) is 5.82 Å². The Morgan fingerprint density at radius 3 is 3.00 bits per heavy atom. The van der Waals surface area contributed by atoms with Gasteiger partial charge in [0, 0.05) is 11.8 Å². The van der Waals surface area contributed by atoms with Gasteiger partial charge in [-0.25, -0.2) is 14.6 Å². The summed E-state index contributed by atoms with van der Waals surface area (Å²) >= 11 is 1.58. The van der Waals surface area contributed by atoms with Crippen molar-refractivity contribution >= 4 is 27.4 Å². The summed E-state index contributed by atoms with van der Waals surface area (Å²) < 4.78 is 1.70. The van der Waals surface area contributed by atoms with Crippen molar-refractivity contribution in [3.63, 3.8) is 0 Å². The van der Waals surface area contributed by atoms with Crippen LogP contribution in [0.5, 0.6) is 0 Å². The van der Waals surface area contributed by atoms with Crippen molar-refractivity contribution in [1.82, 2.24) is 19.7 Å². The molecule has 0 fully saturated rings. The molecule has 2 N–H and O–H groups in total. The third-order valence-electron chi connectivity index (χ3n) is 2.39. The molecule has 3 rings (SSSR count). The Bertz CT molecular complexity index is 635. The van der Waals surface area contributed by atoms with E-state index in [0.717, 1.165) is 21.6 Å². The Kier molecular flexibility index (Phi) is 1.90. The normalized spacial score (nSPS) is 11.1. The van der Waals surface area contributed by atoms with Crippen molar-refractivity contribution in [2.45, 2.75) is 6.92 Å². The van der Waals surface area contributed by atoms with E-state index >= 15 is 0 Å². The number of aromatic nitrogens is 4. The zero-order valence-corrected chi connectivity index (χ0v) is 9.40. The second kappa shape index (κ2) is 3.28. The Balaban J connectivity index is 2.29. The Morgan fingerprint density at radius 1 is 1.38 bits per heavy atom. The molecule has 16 heavy (non-hydrogen) atoms. The lowest BCUT2D eigenvalue weighted by Gasteiger charge is -2.00. The smallest absolute Gasteiger partial charge is 0.165 e. The lowest BCUT2D eigenvalue weighted by atomic mass is 10.3. The maximum Gasteiger partial charge on any atom is 0.165 e. The van der Waals surface area contributed by atoms with Gasteiger partial charge in [-0.3, -0.25) is 0 Å². The summed E-state index contributed by atoms with van der Waals surface area (Å²) in [6.07, 6.45) is 3.41. The number of nitrogens with two attached hydrogens (primary N) is 1. The molecule has 6 heteroatoms. The van der Waals surface area contributed by atoms with Crippen LogP contribution >= 0.6 is 11.3 Å². The molecular formula is C10H9N5S. The number of anilines is 1. The molecule has 0 unspecified atom stereocenters. The number of rotatable bonds is 1. The van der Waals surface area contributed by atoms with Crippen molar-refractivity contribution in [1.29, 1.82) is 0 Å². The number of nitrogen functional groups attached to an aromatic ring is 1. The van der Waals surface area contributed by atoms with Crippen molar-refractivity contribution in [3.05, 3.63) is 29.5 Å². The average molecular weight is 231 g/mol. The third kappa shape index (κ3) is 1.27. The van der Waals surface area contributed by atoms with Gasteiger partial charge in [0.15, 0.2) is 5.82 Å². The molecule has 5 nitrogen and oxygen atoms in total. The number of nitrogens with zero attached hydrogens (tertiary/aromatic N) is 4. The van der Waals surface area contributed by atoms with Gasteiger partial charge in [-0.05, 0) is 18.4 Å². The second-order valence-corrected chi connectivity index (χ2v) is 4.37. The predicted molar refractivity (Wildman–Crippen MR) is 63.7 cm³/mol. The molecule has 0 spiro atoms. The van der Waals surface area contributed by atoms with Crippen LogP contribution in [0.1, 0.15) is 5.56 Å². The first kappa shape index (κ1) is 9.29. The van der Waals surface area contributed by atoms with Crippen LogP contribution in [-0.4, -0.2) is 19.7 Å². The van der Waals surface area contributed by atoms with Crippen LogP contribution in [0.25, 0.3) is 16.0 Å². The van der Waals surface area contributed by atoms with E-state index in [1.54, 1.807) is 22.3 Å². The second-order valence-electron chi connectivity index (χ2n) is 3.48. The molecule has 0 radical (unpaired) electrons. The lowest BCUT2D eigenvalue weighted by molar-refractivity contribution is 0.856. The highest BCUT2D eigenvalue weighted by atomic mass is 32.1. The molecule has 0 saturated carbocycles. The van der Waals surface area contributed by atoms with Crippen LogP contribution in [0.2, 0.25) is 0 Å². The maximum absolute atomic E-state index is 5.72. The summed E-state index contributed by atoms with van der Waals surface area (Å²) in [6.45, 7) is 1.92. The van der Waals surface area contributed by atoms with E-state index in [2.05, 4.69) is 15.1 Å². The van der Waals surface area contributed by atoms with Gasteiger partial charge in [0.05, 0.1) is 5.39 Å². The van der Waals surface area contributed by atoms with Crippen LogP contribution in [0.15, 0.2) is 24.0 Å². The van der Waals surface area contributed by atoms with E-state index in [0.29, 0.717) is 5.82 Å². The number of thiophene rings is 1. The van der Waals surface area contributed by atoms with Gasteiger partial charge >= 0.3 is 0 Å². The molecule has 0 aliphatic rings. The molecule has 3 aromatic heterocycles. The van der Waals surface area contributed by atoms with Gasteiger partial charge in [-0.15, -0.1) is 16.4 Å². The molecule has 80 valence electrons. The number of hydrogen-bond acceptors (Lipinski definition) is 5. The molecule has 0 aliphatic carbocycles. The quantitative estimate of drug-likeness (QED) is 0.693. The summed E-state index contributed by atoms with van der Waals surface area (Å²) in [4.78, 5) is 9.39. The van der Waals surface area contributed by atoms with Crippen molar-refractivity contribution in [2.75, 3.05) is 5.73 Å². The van der Waals surface area contributed by atoms with Crippen LogP contribution in [0.3, 0.4) is 0 Å². The fraction of sp³-hybridized carbons (Fsp3) is 0.100. The van der Waals surface area contributed by atoms with Crippen LogP contribution in [0.4, 0.5) is 5.82 Å². The first-order chi connectivity index (χ1) is 7.75. The molecule has 0 atom stereocenters. The standard InChI is InChI=1S/C10H9N5S/c1-6-4-15(14-8(6)11)9-7-2-3-16-10(7)13-5-12-9/h2-5H,1H3,(H2,11,14). The lowest BCUT2D eigenvalue weighted by Crippen LogP contribution is -1.99. The third-order valence-corrected chi connectivity index (χ3v) is 3.21. The van der Waals surface area contributed by atoms with E-state index in [1.807, 2.05) is 24.6 Å². The van der Waals surface area contributed by atoms with Crippen molar-refractivity contribution in [2.24, 2.45) is 0 Å². The minimum Gasteiger partial charge on any atom is -0.382 e. The zero-order chi connectivity index (χ0) is 11.1. The van der Waals surface area contributed by atoms with Crippen LogP contribution < -0.4 is 5.73 Å².